The fraction of sp³-hybridized carbons (Fsp3) is 0.353. The van der Waals surface area contributed by atoms with E-state index < -0.39 is 6.10 Å². The van der Waals surface area contributed by atoms with E-state index in [4.69, 9.17) is 10.5 Å². The lowest BCUT2D eigenvalue weighted by atomic mass is 10.1. The Labute approximate surface area is 139 Å². The van der Waals surface area contributed by atoms with Gasteiger partial charge in [0.25, 0.3) is 11.5 Å². The molecule has 1 fully saturated rings. The molecule has 126 valence electrons. The third-order valence-corrected chi connectivity index (χ3v) is 3.96. The van der Waals surface area contributed by atoms with Gasteiger partial charge in [-0.25, -0.2) is 4.98 Å². The summed E-state index contributed by atoms with van der Waals surface area (Å²) in [6.07, 6.45) is 1.00. The van der Waals surface area contributed by atoms with Crippen LogP contribution in [0.4, 0.5) is 5.69 Å². The van der Waals surface area contributed by atoms with E-state index in [0.717, 1.165) is 12.0 Å². The number of ether oxygens (including phenoxy) is 1. The zero-order valence-electron chi connectivity index (χ0n) is 13.4. The second kappa shape index (κ2) is 6.94. The number of nitrogens with zero attached hydrogens (tertiary/aromatic N) is 1. The molecule has 1 aromatic carbocycles. The SMILES string of the molecule is Cc1cc(=O)[nH]c(-c2ccc(NC(=O)[C@@H]3CC[C@H](CN)O3)cc2)n1. The van der Waals surface area contributed by atoms with E-state index in [1.54, 1.807) is 31.2 Å². The standard InChI is InChI=1S/C17H20N4O3/c1-10-8-15(22)21-16(19-10)11-2-4-12(5-3-11)20-17(23)14-7-6-13(9-18)24-14/h2-5,8,13-14H,6-7,9,18H2,1H3,(H,20,23)(H,19,21,22)/t13-,14+/m1/s1. The molecular weight excluding hydrogens is 308 g/mol. The second-order valence-corrected chi connectivity index (χ2v) is 5.86. The van der Waals surface area contributed by atoms with Crippen LogP contribution in [-0.2, 0) is 9.53 Å². The van der Waals surface area contributed by atoms with Crippen LogP contribution < -0.4 is 16.6 Å². The number of nitrogens with one attached hydrogen (secondary N) is 2. The number of carbonyl (C=O) groups excluding carboxylic acids is 1. The molecule has 0 bridgehead atoms. The highest BCUT2D eigenvalue weighted by molar-refractivity contribution is 5.94. The number of hydrogen-bond acceptors (Lipinski definition) is 5. The molecule has 2 heterocycles. The van der Waals surface area contributed by atoms with Crippen LogP contribution in [0.1, 0.15) is 18.5 Å². The van der Waals surface area contributed by atoms with Gasteiger partial charge in [-0.05, 0) is 44.0 Å². The largest absolute Gasteiger partial charge is 0.364 e. The predicted molar refractivity (Wildman–Crippen MR) is 90.6 cm³/mol. The Bertz CT molecular complexity index is 785. The first-order valence-corrected chi connectivity index (χ1v) is 7.90. The number of H-pyrrole nitrogens is 1. The van der Waals surface area contributed by atoms with Gasteiger partial charge < -0.3 is 20.8 Å². The number of rotatable bonds is 4. The first kappa shape index (κ1) is 16.4. The molecule has 0 saturated carbocycles. The van der Waals surface area contributed by atoms with Gasteiger partial charge in [-0.3, -0.25) is 9.59 Å². The molecule has 1 aromatic heterocycles. The molecule has 7 heteroatoms. The Morgan fingerprint density at radius 3 is 2.75 bits per heavy atom. The maximum Gasteiger partial charge on any atom is 0.253 e. The Kier molecular flexibility index (Phi) is 4.73. The van der Waals surface area contributed by atoms with Crippen LogP contribution in [0.25, 0.3) is 11.4 Å². The third kappa shape index (κ3) is 3.69. The summed E-state index contributed by atoms with van der Waals surface area (Å²) in [6.45, 7) is 2.20. The Morgan fingerprint density at radius 1 is 1.38 bits per heavy atom. The van der Waals surface area contributed by atoms with Gasteiger partial charge in [-0.1, -0.05) is 0 Å². The molecule has 4 N–H and O–H groups in total. The van der Waals surface area contributed by atoms with Gasteiger partial charge in [-0.2, -0.15) is 0 Å². The van der Waals surface area contributed by atoms with Crippen molar-refractivity contribution >= 4 is 11.6 Å². The van der Waals surface area contributed by atoms with Gasteiger partial charge >= 0.3 is 0 Å². The zero-order valence-corrected chi connectivity index (χ0v) is 13.4. The lowest BCUT2D eigenvalue weighted by molar-refractivity contribution is -0.126. The van der Waals surface area contributed by atoms with Crippen LogP contribution in [0, 0.1) is 6.92 Å². The molecule has 1 saturated heterocycles. The number of anilines is 1. The minimum absolute atomic E-state index is 0.0349. The number of amides is 1. The molecule has 1 aliphatic rings. The molecule has 0 radical (unpaired) electrons. The normalized spacial score (nSPS) is 20.1. The number of aromatic nitrogens is 2. The monoisotopic (exact) mass is 328 g/mol. The number of benzene rings is 1. The number of aryl methyl sites for hydroxylation is 1. The van der Waals surface area contributed by atoms with Crippen LogP contribution in [-0.4, -0.2) is 34.6 Å². The van der Waals surface area contributed by atoms with Crippen molar-refractivity contribution < 1.29 is 9.53 Å². The summed E-state index contributed by atoms with van der Waals surface area (Å²) >= 11 is 0. The topological polar surface area (TPSA) is 110 Å². The summed E-state index contributed by atoms with van der Waals surface area (Å²) in [4.78, 5) is 30.7. The fourth-order valence-corrected chi connectivity index (χ4v) is 2.72. The van der Waals surface area contributed by atoms with Crippen LogP contribution in [0.2, 0.25) is 0 Å². The smallest absolute Gasteiger partial charge is 0.253 e. The molecule has 24 heavy (non-hydrogen) atoms. The summed E-state index contributed by atoms with van der Waals surface area (Å²) in [5, 5.41) is 2.83. The molecule has 3 rings (SSSR count). The van der Waals surface area contributed by atoms with E-state index in [1.807, 2.05) is 0 Å². The average Bonchev–Trinajstić information content (AvgIpc) is 3.04. The van der Waals surface area contributed by atoms with Gasteiger partial charge in [-0.15, -0.1) is 0 Å². The molecule has 0 unspecified atom stereocenters. The van der Waals surface area contributed by atoms with Crippen molar-refractivity contribution in [2.75, 3.05) is 11.9 Å². The Balaban J connectivity index is 1.68. The predicted octanol–water partition coefficient (Wildman–Crippen LogP) is 1.19. The Hall–Kier alpha value is -2.51. The Morgan fingerprint density at radius 2 is 2.12 bits per heavy atom. The molecule has 0 spiro atoms. The van der Waals surface area contributed by atoms with Gasteiger partial charge in [0.15, 0.2) is 0 Å². The first-order valence-electron chi connectivity index (χ1n) is 7.90. The van der Waals surface area contributed by atoms with Gasteiger partial charge in [0.1, 0.15) is 11.9 Å². The average molecular weight is 328 g/mol. The quantitative estimate of drug-likeness (QED) is 0.781. The van der Waals surface area contributed by atoms with Crippen LogP contribution in [0.5, 0.6) is 0 Å². The summed E-state index contributed by atoms with van der Waals surface area (Å²) in [5.74, 6) is 0.337. The zero-order chi connectivity index (χ0) is 17.1. The van der Waals surface area contributed by atoms with E-state index in [-0.39, 0.29) is 17.6 Å². The summed E-state index contributed by atoms with van der Waals surface area (Å²) in [7, 11) is 0. The van der Waals surface area contributed by atoms with Crippen LogP contribution in [0.3, 0.4) is 0 Å². The number of carbonyl (C=O) groups is 1. The molecule has 7 nitrogen and oxygen atoms in total. The summed E-state index contributed by atoms with van der Waals surface area (Å²) in [5.41, 5.74) is 7.45. The molecule has 2 aromatic rings. The highest BCUT2D eigenvalue weighted by Gasteiger charge is 2.29. The summed E-state index contributed by atoms with van der Waals surface area (Å²) < 4.78 is 5.58. The molecule has 0 aliphatic carbocycles. The van der Waals surface area contributed by atoms with Crippen LogP contribution in [0.15, 0.2) is 35.1 Å². The van der Waals surface area contributed by atoms with E-state index in [2.05, 4.69) is 15.3 Å². The summed E-state index contributed by atoms with van der Waals surface area (Å²) in [6, 6.07) is 8.57. The van der Waals surface area contributed by atoms with Crippen molar-refractivity contribution in [1.82, 2.24) is 9.97 Å². The maximum atomic E-state index is 12.2. The third-order valence-electron chi connectivity index (χ3n) is 3.96. The van der Waals surface area contributed by atoms with E-state index in [1.165, 1.54) is 6.07 Å². The minimum atomic E-state index is -0.451. The van der Waals surface area contributed by atoms with Crippen molar-refractivity contribution in [2.45, 2.75) is 32.0 Å². The van der Waals surface area contributed by atoms with Crippen molar-refractivity contribution in [3.8, 4) is 11.4 Å². The molecular formula is C17H20N4O3. The molecule has 2 atom stereocenters. The van der Waals surface area contributed by atoms with Gasteiger partial charge in [0, 0.05) is 29.6 Å². The van der Waals surface area contributed by atoms with Crippen molar-refractivity contribution in [3.05, 3.63) is 46.4 Å². The second-order valence-electron chi connectivity index (χ2n) is 5.86. The van der Waals surface area contributed by atoms with Crippen molar-refractivity contribution in [3.63, 3.8) is 0 Å². The highest BCUT2D eigenvalue weighted by Crippen LogP contribution is 2.22. The minimum Gasteiger partial charge on any atom is -0.364 e. The van der Waals surface area contributed by atoms with Gasteiger partial charge in [0.2, 0.25) is 0 Å². The van der Waals surface area contributed by atoms with E-state index in [9.17, 15) is 9.59 Å². The van der Waals surface area contributed by atoms with Crippen molar-refractivity contribution in [1.29, 1.82) is 0 Å². The first-order chi connectivity index (χ1) is 11.5. The fourth-order valence-electron chi connectivity index (χ4n) is 2.72. The highest BCUT2D eigenvalue weighted by atomic mass is 16.5. The maximum absolute atomic E-state index is 12.2. The van der Waals surface area contributed by atoms with Crippen LogP contribution >= 0.6 is 0 Å². The lowest BCUT2D eigenvalue weighted by Gasteiger charge is -2.13. The van der Waals surface area contributed by atoms with Crippen molar-refractivity contribution in [2.24, 2.45) is 5.73 Å². The number of hydrogen-bond donors (Lipinski definition) is 3. The molecule has 1 aliphatic heterocycles. The molecule has 1 amide bonds. The number of nitrogens with two attached hydrogens (primary N) is 1. The van der Waals surface area contributed by atoms with E-state index >= 15 is 0 Å². The number of aromatic amines is 1. The lowest BCUT2D eigenvalue weighted by Crippen LogP contribution is -2.29. The van der Waals surface area contributed by atoms with E-state index in [0.29, 0.717) is 30.2 Å². The van der Waals surface area contributed by atoms with Gasteiger partial charge in [0.05, 0.1) is 6.10 Å².